The zero-order chi connectivity index (χ0) is 14.1. The van der Waals surface area contributed by atoms with Crippen LogP contribution in [0.4, 0.5) is 0 Å². The van der Waals surface area contributed by atoms with Gasteiger partial charge in [-0.15, -0.1) is 0 Å². The van der Waals surface area contributed by atoms with Crippen molar-refractivity contribution in [1.29, 1.82) is 0 Å². The van der Waals surface area contributed by atoms with Crippen LogP contribution in [-0.4, -0.2) is 33.7 Å². The highest BCUT2D eigenvalue weighted by Crippen LogP contribution is 2.06. The molecular weight excluding hydrogens is 266 g/mol. The number of rotatable bonds is 9. The average Bonchev–Trinajstić information content (AvgIpc) is 2.43. The molecule has 1 aromatic rings. The highest BCUT2D eigenvalue weighted by atomic mass is 32.2. The molecular formula is C12H21N3O3S. The van der Waals surface area contributed by atoms with E-state index in [2.05, 4.69) is 9.71 Å². The van der Waals surface area contributed by atoms with E-state index in [9.17, 15) is 8.42 Å². The SMILES string of the molecule is COCCCCCNS(=O)(=O)c1ccc(CN)cn1. The Hall–Kier alpha value is -1.02. The van der Waals surface area contributed by atoms with Crippen LogP contribution in [-0.2, 0) is 21.3 Å². The van der Waals surface area contributed by atoms with Crippen LogP contribution in [0.2, 0.25) is 0 Å². The van der Waals surface area contributed by atoms with E-state index in [1.165, 1.54) is 12.3 Å². The van der Waals surface area contributed by atoms with Crippen molar-refractivity contribution in [1.82, 2.24) is 9.71 Å². The summed E-state index contributed by atoms with van der Waals surface area (Å²) in [6.45, 7) is 1.46. The van der Waals surface area contributed by atoms with Crippen molar-refractivity contribution in [3.05, 3.63) is 23.9 Å². The van der Waals surface area contributed by atoms with Gasteiger partial charge >= 0.3 is 0 Å². The van der Waals surface area contributed by atoms with Crippen molar-refractivity contribution >= 4 is 10.0 Å². The van der Waals surface area contributed by atoms with E-state index in [1.807, 2.05) is 0 Å². The van der Waals surface area contributed by atoms with Crippen LogP contribution in [0.3, 0.4) is 0 Å². The third-order valence-corrected chi connectivity index (χ3v) is 4.00. The zero-order valence-corrected chi connectivity index (χ0v) is 11.9. The van der Waals surface area contributed by atoms with E-state index in [-0.39, 0.29) is 5.03 Å². The molecule has 19 heavy (non-hydrogen) atoms. The van der Waals surface area contributed by atoms with Crippen LogP contribution < -0.4 is 10.5 Å². The third-order valence-electron chi connectivity index (χ3n) is 2.63. The topological polar surface area (TPSA) is 94.3 Å². The van der Waals surface area contributed by atoms with Gasteiger partial charge < -0.3 is 10.5 Å². The van der Waals surface area contributed by atoms with Crippen molar-refractivity contribution in [3.63, 3.8) is 0 Å². The molecule has 0 aliphatic carbocycles. The van der Waals surface area contributed by atoms with Gasteiger partial charge in [0.2, 0.25) is 0 Å². The summed E-state index contributed by atoms with van der Waals surface area (Å²) in [5.74, 6) is 0. The average molecular weight is 287 g/mol. The molecule has 0 saturated heterocycles. The quantitative estimate of drug-likeness (QED) is 0.650. The molecule has 3 N–H and O–H groups in total. The maximum atomic E-state index is 11.9. The molecule has 0 spiro atoms. The number of nitrogens with one attached hydrogen (secondary N) is 1. The Morgan fingerprint density at radius 2 is 2.11 bits per heavy atom. The monoisotopic (exact) mass is 287 g/mol. The van der Waals surface area contributed by atoms with Crippen molar-refractivity contribution in [2.45, 2.75) is 30.8 Å². The summed E-state index contributed by atoms with van der Waals surface area (Å²) in [6.07, 6.45) is 4.12. The second-order valence-corrected chi connectivity index (χ2v) is 5.87. The molecule has 0 bridgehead atoms. The second-order valence-electron chi connectivity index (χ2n) is 4.16. The van der Waals surface area contributed by atoms with Crippen LogP contribution >= 0.6 is 0 Å². The van der Waals surface area contributed by atoms with Gasteiger partial charge in [0, 0.05) is 33.0 Å². The van der Waals surface area contributed by atoms with Gasteiger partial charge in [-0.1, -0.05) is 6.07 Å². The van der Waals surface area contributed by atoms with E-state index < -0.39 is 10.0 Å². The van der Waals surface area contributed by atoms with Gasteiger partial charge in [0.1, 0.15) is 0 Å². The van der Waals surface area contributed by atoms with Gasteiger partial charge in [-0.25, -0.2) is 18.1 Å². The lowest BCUT2D eigenvalue weighted by Gasteiger charge is -2.06. The number of sulfonamides is 1. The summed E-state index contributed by atoms with van der Waals surface area (Å²) in [5, 5.41) is 0.0293. The highest BCUT2D eigenvalue weighted by Gasteiger charge is 2.14. The van der Waals surface area contributed by atoms with Crippen LogP contribution in [0, 0.1) is 0 Å². The Bertz CT molecular complexity index is 460. The molecule has 6 nitrogen and oxygen atoms in total. The van der Waals surface area contributed by atoms with E-state index >= 15 is 0 Å². The first kappa shape index (κ1) is 16.0. The summed E-state index contributed by atoms with van der Waals surface area (Å²) in [4.78, 5) is 3.90. The molecule has 0 aliphatic heterocycles. The Balaban J connectivity index is 2.42. The lowest BCUT2D eigenvalue weighted by molar-refractivity contribution is 0.192. The van der Waals surface area contributed by atoms with Gasteiger partial charge in [-0.2, -0.15) is 0 Å². The normalized spacial score (nSPS) is 11.7. The number of nitrogens with zero attached hydrogens (tertiary/aromatic N) is 1. The molecule has 0 radical (unpaired) electrons. The molecule has 0 saturated carbocycles. The maximum Gasteiger partial charge on any atom is 0.258 e. The Kier molecular flexibility index (Phi) is 6.93. The number of methoxy groups -OCH3 is 1. The molecule has 0 aliphatic rings. The Morgan fingerprint density at radius 1 is 1.32 bits per heavy atom. The molecule has 7 heteroatoms. The number of nitrogens with two attached hydrogens (primary N) is 1. The zero-order valence-electron chi connectivity index (χ0n) is 11.1. The first-order valence-electron chi connectivity index (χ1n) is 6.24. The van der Waals surface area contributed by atoms with Crippen LogP contribution in [0.15, 0.2) is 23.4 Å². The summed E-state index contributed by atoms with van der Waals surface area (Å²) in [6, 6.07) is 3.13. The largest absolute Gasteiger partial charge is 0.385 e. The lowest BCUT2D eigenvalue weighted by Crippen LogP contribution is -2.25. The predicted octanol–water partition coefficient (Wildman–Crippen LogP) is 0.635. The molecule has 0 aromatic carbocycles. The summed E-state index contributed by atoms with van der Waals surface area (Å²) < 4.78 is 31.2. The molecule has 1 aromatic heterocycles. The second kappa shape index (κ2) is 8.21. The summed E-state index contributed by atoms with van der Waals surface area (Å²) >= 11 is 0. The number of aromatic nitrogens is 1. The van der Waals surface area contributed by atoms with E-state index in [1.54, 1.807) is 13.2 Å². The Labute approximate surface area is 114 Å². The van der Waals surface area contributed by atoms with Crippen molar-refractivity contribution in [2.24, 2.45) is 5.73 Å². The standard InChI is InChI=1S/C12H21N3O3S/c1-18-8-4-2-3-7-15-19(16,17)12-6-5-11(9-13)10-14-12/h5-6,10,15H,2-4,7-9,13H2,1H3. The fourth-order valence-corrected chi connectivity index (χ4v) is 2.52. The number of hydrogen-bond acceptors (Lipinski definition) is 5. The van der Waals surface area contributed by atoms with Gasteiger partial charge in [0.15, 0.2) is 5.03 Å². The lowest BCUT2D eigenvalue weighted by atomic mass is 10.2. The fraction of sp³-hybridized carbons (Fsp3) is 0.583. The smallest absolute Gasteiger partial charge is 0.258 e. The highest BCUT2D eigenvalue weighted by molar-refractivity contribution is 7.89. The Morgan fingerprint density at radius 3 is 2.68 bits per heavy atom. The molecule has 0 atom stereocenters. The van der Waals surface area contributed by atoms with E-state index in [0.29, 0.717) is 19.7 Å². The molecule has 0 amide bonds. The minimum absolute atomic E-state index is 0.0293. The first-order chi connectivity index (χ1) is 9.10. The molecule has 108 valence electrons. The summed E-state index contributed by atoms with van der Waals surface area (Å²) in [5.41, 5.74) is 6.24. The van der Waals surface area contributed by atoms with Gasteiger partial charge in [-0.3, -0.25) is 0 Å². The minimum atomic E-state index is -3.51. The predicted molar refractivity (Wildman–Crippen MR) is 73.0 cm³/mol. The first-order valence-corrected chi connectivity index (χ1v) is 7.72. The molecule has 1 rings (SSSR count). The van der Waals surface area contributed by atoms with Crippen LogP contribution in [0.5, 0.6) is 0 Å². The van der Waals surface area contributed by atoms with Crippen molar-refractivity contribution in [3.8, 4) is 0 Å². The number of hydrogen-bond donors (Lipinski definition) is 2. The molecule has 1 heterocycles. The maximum absolute atomic E-state index is 11.9. The van der Waals surface area contributed by atoms with Gasteiger partial charge in [0.05, 0.1) is 0 Å². The van der Waals surface area contributed by atoms with E-state index in [4.69, 9.17) is 10.5 Å². The number of ether oxygens (including phenoxy) is 1. The number of pyridine rings is 1. The fourth-order valence-electron chi connectivity index (χ4n) is 1.52. The number of unbranched alkanes of at least 4 members (excludes halogenated alkanes) is 2. The minimum Gasteiger partial charge on any atom is -0.385 e. The molecule has 0 unspecified atom stereocenters. The molecule has 0 fully saturated rings. The van der Waals surface area contributed by atoms with Crippen LogP contribution in [0.1, 0.15) is 24.8 Å². The van der Waals surface area contributed by atoms with Gasteiger partial charge in [0.25, 0.3) is 10.0 Å². The summed E-state index contributed by atoms with van der Waals surface area (Å²) in [7, 11) is -1.86. The van der Waals surface area contributed by atoms with Crippen LogP contribution in [0.25, 0.3) is 0 Å². The van der Waals surface area contributed by atoms with Crippen molar-refractivity contribution < 1.29 is 13.2 Å². The third kappa shape index (κ3) is 5.65. The van der Waals surface area contributed by atoms with Gasteiger partial charge in [-0.05, 0) is 30.9 Å². The van der Waals surface area contributed by atoms with E-state index in [0.717, 1.165) is 24.8 Å². The van der Waals surface area contributed by atoms with Crippen molar-refractivity contribution in [2.75, 3.05) is 20.3 Å².